The van der Waals surface area contributed by atoms with Gasteiger partial charge < -0.3 is 20.3 Å². The third-order valence-electron chi connectivity index (χ3n) is 6.81. The molecular formula is C20H37IN4O2. The summed E-state index contributed by atoms with van der Waals surface area (Å²) in [7, 11) is 5.33. The predicted octanol–water partition coefficient (Wildman–Crippen LogP) is 2.62. The Morgan fingerprint density at radius 1 is 1.26 bits per heavy atom. The molecule has 0 aliphatic heterocycles. The predicted molar refractivity (Wildman–Crippen MR) is 120 cm³/mol. The Hall–Kier alpha value is -0.570. The van der Waals surface area contributed by atoms with Crippen molar-refractivity contribution < 1.29 is 9.53 Å². The van der Waals surface area contributed by atoms with E-state index in [2.05, 4.69) is 15.6 Å². The molecule has 0 spiro atoms. The highest BCUT2D eigenvalue weighted by molar-refractivity contribution is 14.0. The Labute approximate surface area is 181 Å². The molecule has 156 valence electrons. The van der Waals surface area contributed by atoms with Gasteiger partial charge in [0.15, 0.2) is 5.96 Å². The zero-order valence-corrected chi connectivity index (χ0v) is 19.5. The van der Waals surface area contributed by atoms with E-state index in [1.165, 1.54) is 44.9 Å². The Morgan fingerprint density at radius 3 is 2.56 bits per heavy atom. The van der Waals surface area contributed by atoms with Crippen molar-refractivity contribution >= 4 is 35.8 Å². The summed E-state index contributed by atoms with van der Waals surface area (Å²) in [6.07, 6.45) is 10.2. The monoisotopic (exact) mass is 492 g/mol. The molecule has 0 aromatic carbocycles. The second kappa shape index (κ2) is 10.3. The number of nitrogens with zero attached hydrogens (tertiary/aromatic N) is 2. The van der Waals surface area contributed by atoms with Gasteiger partial charge in [-0.25, -0.2) is 4.99 Å². The van der Waals surface area contributed by atoms with E-state index in [0.717, 1.165) is 37.4 Å². The smallest absolute Gasteiger partial charge is 0.243 e. The van der Waals surface area contributed by atoms with Gasteiger partial charge in [0, 0.05) is 40.4 Å². The van der Waals surface area contributed by atoms with Crippen LogP contribution in [0.3, 0.4) is 0 Å². The average Bonchev–Trinajstić information content (AvgIpc) is 3.20. The number of nitrogens with one attached hydrogen (secondary N) is 2. The highest BCUT2D eigenvalue weighted by Crippen LogP contribution is 2.45. The minimum atomic E-state index is 0. The van der Waals surface area contributed by atoms with Gasteiger partial charge in [-0.3, -0.25) is 4.79 Å². The van der Waals surface area contributed by atoms with Gasteiger partial charge in [-0.05, 0) is 55.8 Å². The van der Waals surface area contributed by atoms with E-state index >= 15 is 0 Å². The first-order chi connectivity index (χ1) is 12.5. The van der Waals surface area contributed by atoms with Crippen LogP contribution in [0.25, 0.3) is 0 Å². The van der Waals surface area contributed by atoms with Crippen LogP contribution in [-0.4, -0.2) is 63.7 Å². The van der Waals surface area contributed by atoms with E-state index in [0.29, 0.717) is 11.5 Å². The lowest BCUT2D eigenvalue weighted by Crippen LogP contribution is -2.50. The Kier molecular flexibility index (Phi) is 8.65. The van der Waals surface area contributed by atoms with E-state index in [-0.39, 0.29) is 36.4 Å². The summed E-state index contributed by atoms with van der Waals surface area (Å²) in [6, 6.07) is 0.519. The molecule has 3 aliphatic rings. The van der Waals surface area contributed by atoms with Crippen molar-refractivity contribution in [3.8, 4) is 0 Å². The topological polar surface area (TPSA) is 66.0 Å². The lowest BCUT2D eigenvalue weighted by atomic mass is 9.67. The second-order valence-corrected chi connectivity index (χ2v) is 8.83. The van der Waals surface area contributed by atoms with Gasteiger partial charge in [-0.1, -0.05) is 12.8 Å². The van der Waals surface area contributed by atoms with Crippen molar-refractivity contribution in [3.63, 3.8) is 0 Å². The molecule has 3 atom stereocenters. The third kappa shape index (κ3) is 5.95. The molecule has 3 aliphatic carbocycles. The summed E-state index contributed by atoms with van der Waals surface area (Å²) in [5, 5.41) is 7.22. The van der Waals surface area contributed by atoms with Gasteiger partial charge in [-0.15, -0.1) is 24.0 Å². The van der Waals surface area contributed by atoms with Gasteiger partial charge >= 0.3 is 0 Å². The number of hydrogen-bond acceptors (Lipinski definition) is 3. The Balaban J connectivity index is 0.00000261. The number of carbonyl (C=O) groups excluding carboxylic acids is 1. The van der Waals surface area contributed by atoms with Gasteiger partial charge in [0.1, 0.15) is 6.54 Å². The maximum Gasteiger partial charge on any atom is 0.243 e. The van der Waals surface area contributed by atoms with Crippen LogP contribution in [0.4, 0.5) is 0 Å². The van der Waals surface area contributed by atoms with Crippen LogP contribution in [0, 0.1) is 17.3 Å². The largest absolute Gasteiger partial charge is 0.385 e. The average molecular weight is 492 g/mol. The SMILES string of the molecule is COCCC1(CNC(=NCC(=O)N(C)C)NC2CC3CCC2C3)CCC1.I. The molecule has 6 nitrogen and oxygen atoms in total. The quantitative estimate of drug-likeness (QED) is 0.311. The first kappa shape index (κ1) is 22.7. The van der Waals surface area contributed by atoms with Crippen LogP contribution in [0.5, 0.6) is 0 Å². The fourth-order valence-electron chi connectivity index (χ4n) is 4.82. The number of aliphatic imine (C=N–C) groups is 1. The molecular weight excluding hydrogens is 455 g/mol. The van der Waals surface area contributed by atoms with E-state index in [1.54, 1.807) is 26.1 Å². The summed E-state index contributed by atoms with van der Waals surface area (Å²) in [5.74, 6) is 2.53. The highest BCUT2D eigenvalue weighted by atomic mass is 127. The second-order valence-electron chi connectivity index (χ2n) is 8.83. The molecule has 0 saturated heterocycles. The zero-order chi connectivity index (χ0) is 18.6. The van der Waals surface area contributed by atoms with E-state index in [9.17, 15) is 4.79 Å². The minimum absolute atomic E-state index is 0. The summed E-state index contributed by atoms with van der Waals surface area (Å²) in [6.45, 7) is 1.93. The number of ether oxygens (including phenoxy) is 1. The molecule has 2 bridgehead atoms. The molecule has 3 unspecified atom stereocenters. The normalized spacial score (nSPS) is 28.3. The number of fused-ring (bicyclic) bond motifs is 2. The van der Waals surface area contributed by atoms with Crippen LogP contribution in [0.1, 0.15) is 51.4 Å². The van der Waals surface area contributed by atoms with Crippen LogP contribution < -0.4 is 10.6 Å². The molecule has 3 saturated carbocycles. The molecule has 0 heterocycles. The minimum Gasteiger partial charge on any atom is -0.385 e. The van der Waals surface area contributed by atoms with Gasteiger partial charge in [-0.2, -0.15) is 0 Å². The van der Waals surface area contributed by atoms with Crippen LogP contribution >= 0.6 is 24.0 Å². The Bertz CT molecular complexity index is 522. The first-order valence-corrected chi connectivity index (χ1v) is 10.3. The number of methoxy groups -OCH3 is 1. The first-order valence-electron chi connectivity index (χ1n) is 10.3. The highest BCUT2D eigenvalue weighted by Gasteiger charge is 2.40. The van der Waals surface area contributed by atoms with Crippen molar-refractivity contribution in [2.24, 2.45) is 22.2 Å². The number of carbonyl (C=O) groups is 1. The van der Waals surface area contributed by atoms with E-state index in [1.807, 2.05) is 0 Å². The number of likely N-dealkylation sites (N-methyl/N-ethyl adjacent to an activating group) is 1. The van der Waals surface area contributed by atoms with Crippen LogP contribution in [0.15, 0.2) is 4.99 Å². The molecule has 27 heavy (non-hydrogen) atoms. The van der Waals surface area contributed by atoms with Crippen molar-refractivity contribution in [3.05, 3.63) is 0 Å². The van der Waals surface area contributed by atoms with E-state index in [4.69, 9.17) is 4.74 Å². The van der Waals surface area contributed by atoms with Crippen molar-refractivity contribution in [1.29, 1.82) is 0 Å². The van der Waals surface area contributed by atoms with Crippen molar-refractivity contribution in [2.45, 2.75) is 57.4 Å². The summed E-state index contributed by atoms with van der Waals surface area (Å²) in [5.41, 5.74) is 0.332. The molecule has 7 heteroatoms. The lowest BCUT2D eigenvalue weighted by Gasteiger charge is -2.42. The summed E-state index contributed by atoms with van der Waals surface area (Å²) in [4.78, 5) is 18.2. The van der Waals surface area contributed by atoms with Crippen LogP contribution in [0.2, 0.25) is 0 Å². The van der Waals surface area contributed by atoms with E-state index < -0.39 is 0 Å². The van der Waals surface area contributed by atoms with Gasteiger partial charge in [0.05, 0.1) is 0 Å². The summed E-state index contributed by atoms with van der Waals surface area (Å²) >= 11 is 0. The van der Waals surface area contributed by atoms with Crippen molar-refractivity contribution in [2.75, 3.05) is 40.9 Å². The molecule has 0 aromatic rings. The summed E-state index contributed by atoms with van der Waals surface area (Å²) < 4.78 is 5.30. The van der Waals surface area contributed by atoms with Gasteiger partial charge in [0.25, 0.3) is 0 Å². The fourth-order valence-corrected chi connectivity index (χ4v) is 4.82. The molecule has 1 amide bonds. The number of halogens is 1. The third-order valence-corrected chi connectivity index (χ3v) is 6.81. The number of amides is 1. The maximum absolute atomic E-state index is 12.0. The van der Waals surface area contributed by atoms with Crippen LogP contribution in [-0.2, 0) is 9.53 Å². The fraction of sp³-hybridized carbons (Fsp3) is 0.900. The van der Waals surface area contributed by atoms with Gasteiger partial charge in [0.2, 0.25) is 5.91 Å². The zero-order valence-electron chi connectivity index (χ0n) is 17.1. The standard InChI is InChI=1S/C20H36N4O2.HI/c1-24(2)18(25)13-21-19(23-17-12-15-5-6-16(17)11-15)22-14-20(7-4-8-20)9-10-26-3;/h15-17H,4-14H2,1-3H3,(H2,21,22,23);1H. The molecule has 3 fully saturated rings. The number of guanidine groups is 1. The molecule has 3 rings (SSSR count). The Morgan fingerprint density at radius 2 is 2.04 bits per heavy atom. The lowest BCUT2D eigenvalue weighted by molar-refractivity contribution is -0.127. The van der Waals surface area contributed by atoms with Crippen molar-refractivity contribution in [1.82, 2.24) is 15.5 Å². The maximum atomic E-state index is 12.0. The molecule has 0 aromatic heterocycles. The number of rotatable bonds is 8. The molecule has 0 radical (unpaired) electrons. The molecule has 2 N–H and O–H groups in total. The number of hydrogen-bond donors (Lipinski definition) is 2.